The van der Waals surface area contributed by atoms with Crippen molar-refractivity contribution in [1.29, 1.82) is 0 Å². The molecule has 0 aliphatic carbocycles. The molecule has 7 nitrogen and oxygen atoms in total. The Hall–Kier alpha value is -3.14. The van der Waals surface area contributed by atoms with E-state index in [1.54, 1.807) is 61.6 Å². The van der Waals surface area contributed by atoms with Crippen molar-refractivity contribution in [2.24, 2.45) is 0 Å². The van der Waals surface area contributed by atoms with Gasteiger partial charge in [-0.15, -0.1) is 0 Å². The van der Waals surface area contributed by atoms with Crippen LogP contribution in [0.1, 0.15) is 12.0 Å². The van der Waals surface area contributed by atoms with Gasteiger partial charge in [0, 0.05) is 21.7 Å². The maximum absolute atomic E-state index is 13.6. The number of hydrogen-bond donors (Lipinski definition) is 1. The van der Waals surface area contributed by atoms with Crippen LogP contribution >= 0.6 is 39.7 Å². The molecule has 10 heteroatoms. The van der Waals surface area contributed by atoms with Crippen LogP contribution in [-0.2, 0) is 16.1 Å². The summed E-state index contributed by atoms with van der Waals surface area (Å²) < 4.78 is 11.7. The largest absolute Gasteiger partial charge is 0.493 e. The summed E-state index contributed by atoms with van der Waals surface area (Å²) in [5.74, 6) is 0.572. The molecule has 3 aromatic rings. The Bertz CT molecular complexity index is 1290. The van der Waals surface area contributed by atoms with Crippen LogP contribution in [0.15, 0.2) is 71.2 Å². The smallest absolute Gasteiger partial charge is 0.256 e. The number of carbonyl (C=O) groups excluding carboxylic acids is 2. The molecule has 1 atom stereocenters. The lowest BCUT2D eigenvalue weighted by molar-refractivity contribution is -0.124. The van der Waals surface area contributed by atoms with Crippen molar-refractivity contribution in [2.75, 3.05) is 24.4 Å². The van der Waals surface area contributed by atoms with Gasteiger partial charge in [-0.1, -0.05) is 33.6 Å². The van der Waals surface area contributed by atoms with Gasteiger partial charge in [-0.05, 0) is 78.4 Å². The molecule has 1 aliphatic rings. The Labute approximate surface area is 228 Å². The summed E-state index contributed by atoms with van der Waals surface area (Å²) in [6, 6.07) is 18.8. The molecule has 0 bridgehead atoms. The van der Waals surface area contributed by atoms with E-state index in [1.807, 2.05) is 24.3 Å². The van der Waals surface area contributed by atoms with E-state index in [1.165, 1.54) is 4.90 Å². The number of ether oxygens (including phenoxy) is 2. The molecule has 186 valence electrons. The molecule has 4 rings (SSSR count). The van der Waals surface area contributed by atoms with E-state index in [0.717, 1.165) is 10.0 Å². The average molecular weight is 589 g/mol. The molecule has 0 spiro atoms. The van der Waals surface area contributed by atoms with E-state index in [-0.39, 0.29) is 18.2 Å². The number of nitrogens with one attached hydrogen (secondary N) is 1. The number of amides is 2. The number of halogens is 2. The molecule has 0 saturated carbocycles. The highest BCUT2D eigenvalue weighted by Gasteiger charge is 2.44. The van der Waals surface area contributed by atoms with Crippen LogP contribution in [0, 0.1) is 0 Å². The highest BCUT2D eigenvalue weighted by Crippen LogP contribution is 2.32. The molecular formula is C26H23BrClN3O4S. The van der Waals surface area contributed by atoms with Gasteiger partial charge in [-0.25, -0.2) is 0 Å². The molecule has 3 aromatic carbocycles. The Kier molecular flexibility index (Phi) is 8.13. The Morgan fingerprint density at radius 1 is 1.03 bits per heavy atom. The number of anilines is 2. The lowest BCUT2D eigenvalue weighted by Crippen LogP contribution is -2.37. The maximum atomic E-state index is 13.6. The van der Waals surface area contributed by atoms with E-state index in [0.29, 0.717) is 39.6 Å². The van der Waals surface area contributed by atoms with Gasteiger partial charge in [0.05, 0.1) is 26.3 Å². The zero-order valence-electron chi connectivity index (χ0n) is 19.5. The summed E-state index contributed by atoms with van der Waals surface area (Å²) in [7, 11) is 3.12. The minimum atomic E-state index is -0.795. The highest BCUT2D eigenvalue weighted by atomic mass is 79.9. The SMILES string of the molecule is COc1ccc(CN2C(=S)N(c3ccc(Cl)cc3)C(=O)C2CC(=O)Nc2ccc(Br)cc2)cc1OC. The normalized spacial score (nSPS) is 15.3. The minimum Gasteiger partial charge on any atom is -0.493 e. The first-order chi connectivity index (χ1) is 17.3. The first-order valence-electron chi connectivity index (χ1n) is 11.0. The number of benzene rings is 3. The fraction of sp³-hybridized carbons (Fsp3) is 0.192. The van der Waals surface area contributed by atoms with Crippen molar-refractivity contribution in [1.82, 2.24) is 4.90 Å². The predicted molar refractivity (Wildman–Crippen MR) is 148 cm³/mol. The molecule has 36 heavy (non-hydrogen) atoms. The third-order valence-corrected chi connectivity index (χ3v) is 6.91. The van der Waals surface area contributed by atoms with Crippen molar-refractivity contribution < 1.29 is 19.1 Å². The van der Waals surface area contributed by atoms with Crippen molar-refractivity contribution in [3.63, 3.8) is 0 Å². The zero-order valence-corrected chi connectivity index (χ0v) is 22.7. The van der Waals surface area contributed by atoms with Gasteiger partial charge >= 0.3 is 0 Å². The van der Waals surface area contributed by atoms with E-state index < -0.39 is 6.04 Å². The molecular weight excluding hydrogens is 566 g/mol. The second-order valence-corrected chi connectivity index (χ2v) is 9.74. The second-order valence-electron chi connectivity index (χ2n) is 8.02. The predicted octanol–water partition coefficient (Wildman–Crippen LogP) is 5.65. The maximum Gasteiger partial charge on any atom is 0.256 e. The minimum absolute atomic E-state index is 0.0770. The van der Waals surface area contributed by atoms with E-state index >= 15 is 0 Å². The number of thiocarbonyl (C=S) groups is 1. The van der Waals surface area contributed by atoms with Gasteiger partial charge < -0.3 is 19.7 Å². The van der Waals surface area contributed by atoms with Crippen molar-refractivity contribution in [3.8, 4) is 11.5 Å². The number of carbonyl (C=O) groups is 2. The van der Waals surface area contributed by atoms with Gasteiger partial charge in [-0.2, -0.15) is 0 Å². The summed E-state index contributed by atoms with van der Waals surface area (Å²) >= 11 is 15.2. The second kappa shape index (κ2) is 11.3. The van der Waals surface area contributed by atoms with E-state index in [4.69, 9.17) is 33.3 Å². The summed E-state index contributed by atoms with van der Waals surface area (Å²) in [4.78, 5) is 29.8. The number of rotatable bonds is 8. The van der Waals surface area contributed by atoms with Crippen molar-refractivity contribution >= 4 is 68.1 Å². The highest BCUT2D eigenvalue weighted by molar-refractivity contribution is 9.10. The number of nitrogens with zero attached hydrogens (tertiary/aromatic N) is 2. The molecule has 1 saturated heterocycles. The standard InChI is InChI=1S/C26H23BrClN3O4S/c1-34-22-12-3-16(13-23(22)35-2)15-30-21(14-24(32)29-19-8-4-17(27)5-9-19)25(33)31(26(30)36)20-10-6-18(28)7-11-20/h3-13,21H,14-15H2,1-2H3,(H,29,32). The fourth-order valence-corrected chi connectivity index (χ4v) is 4.72. The lowest BCUT2D eigenvalue weighted by atomic mass is 10.1. The average Bonchev–Trinajstić information content (AvgIpc) is 3.09. The summed E-state index contributed by atoms with van der Waals surface area (Å²) in [5.41, 5.74) is 2.07. The van der Waals surface area contributed by atoms with Gasteiger partial charge in [-0.3, -0.25) is 14.5 Å². The van der Waals surface area contributed by atoms with E-state index in [2.05, 4.69) is 21.2 Å². The number of hydrogen-bond acceptors (Lipinski definition) is 5. The molecule has 1 heterocycles. The van der Waals surface area contributed by atoms with Crippen LogP contribution in [0.4, 0.5) is 11.4 Å². The van der Waals surface area contributed by atoms with Gasteiger partial charge in [0.1, 0.15) is 6.04 Å². The first kappa shape index (κ1) is 25.9. The van der Waals surface area contributed by atoms with Crippen LogP contribution in [0.2, 0.25) is 5.02 Å². The monoisotopic (exact) mass is 587 g/mol. The third kappa shape index (κ3) is 5.64. The molecule has 0 radical (unpaired) electrons. The molecule has 1 fully saturated rings. The van der Waals surface area contributed by atoms with Gasteiger partial charge in [0.25, 0.3) is 5.91 Å². The zero-order chi connectivity index (χ0) is 25.8. The van der Waals surface area contributed by atoms with Gasteiger partial charge in [0.2, 0.25) is 5.91 Å². The van der Waals surface area contributed by atoms with Crippen LogP contribution in [0.25, 0.3) is 0 Å². The van der Waals surface area contributed by atoms with Crippen molar-refractivity contribution in [2.45, 2.75) is 19.0 Å². The molecule has 1 N–H and O–H groups in total. The topological polar surface area (TPSA) is 71.1 Å². The Morgan fingerprint density at radius 3 is 2.33 bits per heavy atom. The Morgan fingerprint density at radius 2 is 1.69 bits per heavy atom. The Balaban J connectivity index is 1.62. The van der Waals surface area contributed by atoms with E-state index in [9.17, 15) is 9.59 Å². The first-order valence-corrected chi connectivity index (χ1v) is 12.5. The van der Waals surface area contributed by atoms with Crippen molar-refractivity contribution in [3.05, 3.63) is 81.8 Å². The van der Waals surface area contributed by atoms with Crippen LogP contribution in [0.3, 0.4) is 0 Å². The molecule has 2 amide bonds. The summed E-state index contributed by atoms with van der Waals surface area (Å²) in [6.07, 6.45) is -0.0770. The number of methoxy groups -OCH3 is 2. The van der Waals surface area contributed by atoms with Crippen LogP contribution in [0.5, 0.6) is 11.5 Å². The van der Waals surface area contributed by atoms with Gasteiger partial charge in [0.15, 0.2) is 16.6 Å². The summed E-state index contributed by atoms with van der Waals surface area (Å²) in [6.45, 7) is 0.297. The molecule has 1 aliphatic heterocycles. The summed E-state index contributed by atoms with van der Waals surface area (Å²) in [5, 5.41) is 3.71. The quantitative estimate of drug-likeness (QED) is 0.343. The molecule has 1 unspecified atom stereocenters. The third-order valence-electron chi connectivity index (χ3n) is 5.71. The molecule has 0 aromatic heterocycles. The lowest BCUT2D eigenvalue weighted by Gasteiger charge is -2.24. The van der Waals surface area contributed by atoms with Crippen LogP contribution in [-0.4, -0.2) is 42.1 Å². The van der Waals surface area contributed by atoms with Crippen LogP contribution < -0.4 is 19.7 Å². The fourth-order valence-electron chi connectivity index (χ4n) is 3.94.